The van der Waals surface area contributed by atoms with Crippen LogP contribution >= 0.6 is 0 Å². The summed E-state index contributed by atoms with van der Waals surface area (Å²) < 4.78 is 52.3. The minimum atomic E-state index is -4.01. The smallest absolute Gasteiger partial charge is 0.244 e. The topological polar surface area (TPSA) is 91.8 Å². The van der Waals surface area contributed by atoms with Crippen LogP contribution in [-0.4, -0.2) is 51.3 Å². The van der Waals surface area contributed by atoms with Crippen molar-refractivity contribution in [1.82, 2.24) is 9.21 Å². The lowest BCUT2D eigenvalue weighted by Gasteiger charge is -2.34. The third-order valence-corrected chi connectivity index (χ3v) is 9.65. The molecule has 0 aliphatic carbocycles. The minimum Gasteiger partial charge on any atom is -0.334 e. The Labute approximate surface area is 213 Å². The predicted molar refractivity (Wildman–Crippen MR) is 138 cm³/mol. The van der Waals surface area contributed by atoms with Gasteiger partial charge in [-0.15, -0.1) is 0 Å². The van der Waals surface area contributed by atoms with Gasteiger partial charge in [-0.25, -0.2) is 16.8 Å². The molecular weight excluding hydrogens is 496 g/mol. The van der Waals surface area contributed by atoms with Crippen LogP contribution in [-0.2, 0) is 37.7 Å². The summed E-state index contributed by atoms with van der Waals surface area (Å²) >= 11 is 0. The van der Waals surface area contributed by atoms with E-state index in [1.54, 1.807) is 0 Å². The SMILES string of the molecule is CS(=O)(=O)c1ccccc1S(=O)(=O)N1CCC(C(=O)N(Cc2ccccc2)Cc2ccccc2)CC1. The molecule has 0 unspecified atom stereocenters. The van der Waals surface area contributed by atoms with Crippen LogP contribution < -0.4 is 0 Å². The van der Waals surface area contributed by atoms with E-state index in [2.05, 4.69) is 0 Å². The van der Waals surface area contributed by atoms with Gasteiger partial charge in [0.1, 0.15) is 4.90 Å². The van der Waals surface area contributed by atoms with Crippen molar-refractivity contribution in [2.75, 3.05) is 19.3 Å². The minimum absolute atomic E-state index is 0.00344. The van der Waals surface area contributed by atoms with E-state index in [1.165, 1.54) is 28.6 Å². The van der Waals surface area contributed by atoms with E-state index < -0.39 is 19.9 Å². The molecule has 0 bridgehead atoms. The molecule has 0 atom stereocenters. The lowest BCUT2D eigenvalue weighted by atomic mass is 9.96. The molecule has 0 spiro atoms. The molecule has 1 aliphatic heterocycles. The van der Waals surface area contributed by atoms with Gasteiger partial charge in [0.15, 0.2) is 9.84 Å². The molecule has 0 N–H and O–H groups in total. The molecule has 7 nitrogen and oxygen atoms in total. The molecule has 4 rings (SSSR count). The number of benzene rings is 3. The summed E-state index contributed by atoms with van der Waals surface area (Å²) in [7, 11) is -7.73. The first-order chi connectivity index (χ1) is 17.2. The van der Waals surface area contributed by atoms with Gasteiger partial charge in [0.25, 0.3) is 0 Å². The lowest BCUT2D eigenvalue weighted by Crippen LogP contribution is -2.44. The number of amides is 1. The number of sulfonamides is 1. The molecule has 0 saturated carbocycles. The van der Waals surface area contributed by atoms with Crippen molar-refractivity contribution in [3.05, 3.63) is 96.1 Å². The van der Waals surface area contributed by atoms with Crippen LogP contribution in [0.5, 0.6) is 0 Å². The molecule has 3 aromatic carbocycles. The maximum atomic E-state index is 13.6. The van der Waals surface area contributed by atoms with Crippen molar-refractivity contribution in [3.63, 3.8) is 0 Å². The average molecular weight is 527 g/mol. The quantitative estimate of drug-likeness (QED) is 0.446. The molecule has 1 heterocycles. The van der Waals surface area contributed by atoms with Crippen LogP contribution in [0.15, 0.2) is 94.7 Å². The van der Waals surface area contributed by atoms with Gasteiger partial charge in [0.05, 0.1) is 4.90 Å². The van der Waals surface area contributed by atoms with Gasteiger partial charge in [-0.1, -0.05) is 72.8 Å². The van der Waals surface area contributed by atoms with Crippen LogP contribution in [0.1, 0.15) is 24.0 Å². The van der Waals surface area contributed by atoms with Crippen molar-refractivity contribution < 1.29 is 21.6 Å². The largest absolute Gasteiger partial charge is 0.334 e. The highest BCUT2D eigenvalue weighted by Crippen LogP contribution is 2.29. The standard InChI is InChI=1S/C27H30N2O5S2/c1-35(31,32)25-14-8-9-15-26(25)36(33,34)29-18-16-24(17-19-29)27(30)28(20-22-10-4-2-5-11-22)21-23-12-6-3-7-13-23/h2-15,24H,16-21H2,1H3. The highest BCUT2D eigenvalue weighted by atomic mass is 32.2. The number of piperidine rings is 1. The zero-order valence-corrected chi connectivity index (χ0v) is 21.8. The molecule has 36 heavy (non-hydrogen) atoms. The van der Waals surface area contributed by atoms with Gasteiger partial charge in [0.2, 0.25) is 15.9 Å². The number of carbonyl (C=O) groups is 1. The Balaban J connectivity index is 1.50. The van der Waals surface area contributed by atoms with Gasteiger partial charge in [-0.05, 0) is 36.1 Å². The highest BCUT2D eigenvalue weighted by Gasteiger charge is 2.35. The molecule has 0 aromatic heterocycles. The van der Waals surface area contributed by atoms with Crippen molar-refractivity contribution in [3.8, 4) is 0 Å². The van der Waals surface area contributed by atoms with E-state index >= 15 is 0 Å². The van der Waals surface area contributed by atoms with Crippen molar-refractivity contribution in [2.45, 2.75) is 35.7 Å². The summed E-state index contributed by atoms with van der Waals surface area (Å²) in [4.78, 5) is 15.0. The second-order valence-corrected chi connectivity index (χ2v) is 13.0. The zero-order chi connectivity index (χ0) is 25.8. The molecule has 1 saturated heterocycles. The van der Waals surface area contributed by atoms with Crippen LogP contribution in [0.2, 0.25) is 0 Å². The summed E-state index contributed by atoms with van der Waals surface area (Å²) in [5, 5.41) is 0. The molecule has 1 aliphatic rings. The Morgan fingerprint density at radius 1 is 0.750 bits per heavy atom. The van der Waals surface area contributed by atoms with Crippen LogP contribution in [0.25, 0.3) is 0 Å². The monoisotopic (exact) mass is 526 g/mol. The number of nitrogens with zero attached hydrogens (tertiary/aromatic N) is 2. The van der Waals surface area contributed by atoms with Crippen LogP contribution in [0.4, 0.5) is 0 Å². The average Bonchev–Trinajstić information content (AvgIpc) is 2.89. The van der Waals surface area contributed by atoms with Gasteiger partial charge >= 0.3 is 0 Å². The Hall–Kier alpha value is -3.01. The summed E-state index contributed by atoms with van der Waals surface area (Å²) in [6.45, 7) is 1.24. The van der Waals surface area contributed by atoms with Crippen molar-refractivity contribution in [1.29, 1.82) is 0 Å². The molecule has 1 fully saturated rings. The van der Waals surface area contributed by atoms with E-state index in [1.807, 2.05) is 65.6 Å². The van der Waals surface area contributed by atoms with E-state index in [-0.39, 0.29) is 34.7 Å². The summed E-state index contributed by atoms with van der Waals surface area (Å²) in [6.07, 6.45) is 1.75. The van der Waals surface area contributed by atoms with Crippen molar-refractivity contribution in [2.24, 2.45) is 5.92 Å². The fourth-order valence-electron chi connectivity index (χ4n) is 4.53. The molecule has 3 aromatic rings. The molecule has 1 amide bonds. The summed E-state index contributed by atoms with van der Waals surface area (Å²) in [5.74, 6) is -0.315. The highest BCUT2D eigenvalue weighted by molar-refractivity contribution is 7.93. The number of hydrogen-bond acceptors (Lipinski definition) is 5. The normalized spacial score (nSPS) is 15.5. The first-order valence-electron chi connectivity index (χ1n) is 11.8. The zero-order valence-electron chi connectivity index (χ0n) is 20.2. The number of hydrogen-bond donors (Lipinski definition) is 0. The van der Waals surface area contributed by atoms with Crippen LogP contribution in [0, 0.1) is 5.92 Å². The van der Waals surface area contributed by atoms with Gasteiger partial charge in [-0.2, -0.15) is 4.31 Å². The Kier molecular flexibility index (Phi) is 7.92. The fraction of sp³-hybridized carbons (Fsp3) is 0.296. The second kappa shape index (κ2) is 10.9. The summed E-state index contributed by atoms with van der Waals surface area (Å²) in [6, 6.07) is 25.2. The third kappa shape index (κ3) is 6.03. The number of sulfone groups is 1. The maximum Gasteiger partial charge on any atom is 0.244 e. The fourth-order valence-corrected chi connectivity index (χ4v) is 7.60. The van der Waals surface area contributed by atoms with Gasteiger partial charge < -0.3 is 4.90 Å². The van der Waals surface area contributed by atoms with Gasteiger partial charge in [-0.3, -0.25) is 4.79 Å². The number of carbonyl (C=O) groups excluding carboxylic acids is 1. The molecular formula is C27H30N2O5S2. The van der Waals surface area contributed by atoms with E-state index in [4.69, 9.17) is 0 Å². The third-order valence-electron chi connectivity index (χ3n) is 6.41. The Morgan fingerprint density at radius 2 is 1.19 bits per heavy atom. The Morgan fingerprint density at radius 3 is 1.67 bits per heavy atom. The molecule has 190 valence electrons. The maximum absolute atomic E-state index is 13.6. The van der Waals surface area contributed by atoms with Gasteiger partial charge in [0, 0.05) is 38.4 Å². The predicted octanol–water partition coefficient (Wildman–Crippen LogP) is 3.72. The first-order valence-corrected chi connectivity index (χ1v) is 15.2. The first kappa shape index (κ1) is 26.1. The molecule has 0 radical (unpaired) electrons. The van der Waals surface area contributed by atoms with Crippen molar-refractivity contribution >= 4 is 25.8 Å². The van der Waals surface area contributed by atoms with E-state index in [0.29, 0.717) is 25.9 Å². The number of rotatable bonds is 8. The van der Waals surface area contributed by atoms with E-state index in [9.17, 15) is 21.6 Å². The van der Waals surface area contributed by atoms with Crippen LogP contribution in [0.3, 0.4) is 0 Å². The molecule has 9 heteroatoms. The summed E-state index contributed by atoms with van der Waals surface area (Å²) in [5.41, 5.74) is 2.05. The Bertz CT molecular complexity index is 1360. The van der Waals surface area contributed by atoms with E-state index in [0.717, 1.165) is 17.4 Å². The second-order valence-electron chi connectivity index (χ2n) is 9.06. The lowest BCUT2D eigenvalue weighted by molar-refractivity contribution is -0.138.